The number of aliphatic imine (C=N–C) groups is 1. The zero-order valence-corrected chi connectivity index (χ0v) is 17.1. The van der Waals surface area contributed by atoms with Crippen LogP contribution in [-0.2, 0) is 4.74 Å². The number of carbonyl (C=O) groups is 1. The quantitative estimate of drug-likeness (QED) is 0.615. The highest BCUT2D eigenvalue weighted by Crippen LogP contribution is 2.17. The van der Waals surface area contributed by atoms with E-state index in [1.807, 2.05) is 45.9 Å². The van der Waals surface area contributed by atoms with E-state index in [9.17, 15) is 4.79 Å². The average Bonchev–Trinajstić information content (AvgIpc) is 3.18. The first-order chi connectivity index (χ1) is 13.4. The van der Waals surface area contributed by atoms with E-state index in [1.54, 1.807) is 0 Å². The first kappa shape index (κ1) is 20.1. The number of benzene rings is 2. The Kier molecular flexibility index (Phi) is 6.47. The molecule has 0 spiro atoms. The first-order valence-corrected chi connectivity index (χ1v) is 9.81. The monoisotopic (exact) mass is 379 g/mol. The third-order valence-electron chi connectivity index (χ3n) is 5.12. The van der Waals surface area contributed by atoms with E-state index in [0.29, 0.717) is 18.1 Å². The van der Waals surface area contributed by atoms with E-state index in [2.05, 4.69) is 33.8 Å². The fourth-order valence-electron chi connectivity index (χ4n) is 3.15. The lowest BCUT2D eigenvalue weighted by atomic mass is 10.1. The van der Waals surface area contributed by atoms with Gasteiger partial charge in [-0.3, -0.25) is 10.1 Å². The number of rotatable bonds is 4. The summed E-state index contributed by atoms with van der Waals surface area (Å²) in [7, 11) is 0. The molecule has 1 heterocycles. The Morgan fingerprint density at radius 2 is 1.86 bits per heavy atom. The molecule has 5 heteroatoms. The van der Waals surface area contributed by atoms with Crippen LogP contribution < -0.4 is 10.6 Å². The van der Waals surface area contributed by atoms with Gasteiger partial charge in [0, 0.05) is 17.9 Å². The summed E-state index contributed by atoms with van der Waals surface area (Å²) in [4.78, 5) is 17.4. The Morgan fingerprint density at radius 1 is 1.07 bits per heavy atom. The molecule has 0 saturated carbocycles. The van der Waals surface area contributed by atoms with Crippen LogP contribution in [-0.4, -0.2) is 31.1 Å². The van der Waals surface area contributed by atoms with E-state index in [4.69, 9.17) is 4.74 Å². The summed E-state index contributed by atoms with van der Waals surface area (Å²) >= 11 is 0. The van der Waals surface area contributed by atoms with Crippen LogP contribution in [0.1, 0.15) is 45.5 Å². The molecule has 28 heavy (non-hydrogen) atoms. The van der Waals surface area contributed by atoms with Crippen LogP contribution in [0.15, 0.2) is 41.4 Å². The van der Waals surface area contributed by atoms with Crippen LogP contribution in [0.5, 0.6) is 0 Å². The van der Waals surface area contributed by atoms with Gasteiger partial charge in [-0.2, -0.15) is 0 Å². The van der Waals surface area contributed by atoms with Crippen molar-refractivity contribution in [3.8, 4) is 0 Å². The molecule has 1 fully saturated rings. The number of hydrogen-bond acceptors (Lipinski definition) is 3. The number of aryl methyl sites for hydroxylation is 4. The summed E-state index contributed by atoms with van der Waals surface area (Å²) in [5, 5.41) is 6.24. The molecule has 1 amide bonds. The number of nitrogens with one attached hydrogen (secondary N) is 2. The van der Waals surface area contributed by atoms with Crippen molar-refractivity contribution in [3.05, 3.63) is 64.2 Å². The topological polar surface area (TPSA) is 62.7 Å². The van der Waals surface area contributed by atoms with Crippen molar-refractivity contribution in [1.29, 1.82) is 0 Å². The lowest BCUT2D eigenvalue weighted by Gasteiger charge is -2.15. The number of hydrogen-bond donors (Lipinski definition) is 2. The molecule has 0 unspecified atom stereocenters. The van der Waals surface area contributed by atoms with Crippen LogP contribution in [0.3, 0.4) is 0 Å². The van der Waals surface area contributed by atoms with Crippen LogP contribution in [0.2, 0.25) is 0 Å². The molecule has 1 atom stereocenters. The fourth-order valence-corrected chi connectivity index (χ4v) is 3.15. The Bertz CT molecular complexity index is 883. The van der Waals surface area contributed by atoms with Gasteiger partial charge in [0.05, 0.1) is 12.6 Å². The van der Waals surface area contributed by atoms with Gasteiger partial charge in [-0.25, -0.2) is 4.99 Å². The molecule has 0 bridgehead atoms. The first-order valence-electron chi connectivity index (χ1n) is 9.81. The highest BCUT2D eigenvalue weighted by atomic mass is 16.5. The van der Waals surface area contributed by atoms with Gasteiger partial charge in [-0.1, -0.05) is 18.2 Å². The zero-order valence-electron chi connectivity index (χ0n) is 17.1. The van der Waals surface area contributed by atoms with E-state index in [0.717, 1.165) is 47.4 Å². The van der Waals surface area contributed by atoms with E-state index < -0.39 is 0 Å². The van der Waals surface area contributed by atoms with Crippen LogP contribution in [0.25, 0.3) is 0 Å². The van der Waals surface area contributed by atoms with Gasteiger partial charge in [-0.05, 0) is 81.0 Å². The Labute approximate surface area is 167 Å². The van der Waals surface area contributed by atoms with Crippen molar-refractivity contribution in [1.82, 2.24) is 5.32 Å². The van der Waals surface area contributed by atoms with Crippen molar-refractivity contribution in [2.24, 2.45) is 4.99 Å². The predicted molar refractivity (Wildman–Crippen MR) is 114 cm³/mol. The number of ether oxygens (including phenoxy) is 1. The normalized spacial score (nSPS) is 16.9. The summed E-state index contributed by atoms with van der Waals surface area (Å²) in [6, 6.07) is 11.9. The number of carbonyl (C=O) groups excluding carboxylic acids is 1. The van der Waals surface area contributed by atoms with Crippen molar-refractivity contribution in [2.75, 3.05) is 18.5 Å². The Hall–Kier alpha value is -2.66. The molecule has 2 aromatic rings. The van der Waals surface area contributed by atoms with Gasteiger partial charge in [0.2, 0.25) is 5.96 Å². The molecule has 3 rings (SSSR count). The summed E-state index contributed by atoms with van der Waals surface area (Å²) in [5.74, 6) is 0.277. The lowest BCUT2D eigenvalue weighted by molar-refractivity contribution is 0.0975. The summed E-state index contributed by atoms with van der Waals surface area (Å²) in [5.41, 5.74) is 6.05. The summed E-state index contributed by atoms with van der Waals surface area (Å²) in [6.45, 7) is 9.43. The Morgan fingerprint density at radius 3 is 2.57 bits per heavy atom. The number of guanidine groups is 1. The molecular formula is C23H29N3O2. The highest BCUT2D eigenvalue weighted by Gasteiger charge is 2.16. The van der Waals surface area contributed by atoms with Gasteiger partial charge in [0.15, 0.2) is 0 Å². The fraction of sp³-hybridized carbons (Fsp3) is 0.391. The maximum atomic E-state index is 12.8. The molecular weight excluding hydrogens is 350 g/mol. The van der Waals surface area contributed by atoms with Crippen molar-refractivity contribution in [3.63, 3.8) is 0 Å². The van der Waals surface area contributed by atoms with Crippen LogP contribution in [0, 0.1) is 27.7 Å². The predicted octanol–water partition coefficient (Wildman–Crippen LogP) is 4.30. The molecule has 0 aliphatic carbocycles. The third kappa shape index (κ3) is 5.20. The molecule has 2 N–H and O–H groups in total. The molecule has 0 aromatic heterocycles. The standard InChI is InChI=1S/C23H29N3O2/c1-15-7-8-17(3)21(12-15)25-23(24-14-20-6-5-11-28-20)26-22(27)19-10-9-16(2)18(4)13-19/h7-10,12-13,20H,5-6,11,14H2,1-4H3,(H2,24,25,26,27)/t20-/m1/s1. The van der Waals surface area contributed by atoms with Crippen molar-refractivity contribution < 1.29 is 9.53 Å². The minimum absolute atomic E-state index is 0.119. The van der Waals surface area contributed by atoms with Crippen molar-refractivity contribution >= 4 is 17.6 Å². The lowest BCUT2D eigenvalue weighted by Crippen LogP contribution is -2.37. The molecule has 0 radical (unpaired) electrons. The average molecular weight is 380 g/mol. The van der Waals surface area contributed by atoms with E-state index in [-0.39, 0.29) is 12.0 Å². The molecule has 148 valence electrons. The molecule has 1 aliphatic heterocycles. The largest absolute Gasteiger partial charge is 0.376 e. The smallest absolute Gasteiger partial charge is 0.257 e. The SMILES string of the molecule is Cc1ccc(C)c(NC(=NC[C@H]2CCCO2)NC(=O)c2ccc(C)c(C)c2)c1. The minimum Gasteiger partial charge on any atom is -0.376 e. The van der Waals surface area contributed by atoms with E-state index in [1.165, 1.54) is 0 Å². The maximum absolute atomic E-state index is 12.8. The van der Waals surface area contributed by atoms with Gasteiger partial charge >= 0.3 is 0 Å². The highest BCUT2D eigenvalue weighted by molar-refractivity contribution is 6.10. The zero-order chi connectivity index (χ0) is 20.1. The van der Waals surface area contributed by atoms with Crippen molar-refractivity contribution in [2.45, 2.75) is 46.6 Å². The molecule has 5 nitrogen and oxygen atoms in total. The Balaban J connectivity index is 1.80. The maximum Gasteiger partial charge on any atom is 0.257 e. The van der Waals surface area contributed by atoms with E-state index >= 15 is 0 Å². The van der Waals surface area contributed by atoms with Gasteiger partial charge in [0.25, 0.3) is 5.91 Å². The molecule has 1 saturated heterocycles. The van der Waals surface area contributed by atoms with Crippen LogP contribution in [0.4, 0.5) is 5.69 Å². The second kappa shape index (κ2) is 9.02. The number of anilines is 1. The summed E-state index contributed by atoms with van der Waals surface area (Å²) < 4.78 is 5.67. The van der Waals surface area contributed by atoms with Crippen LogP contribution >= 0.6 is 0 Å². The van der Waals surface area contributed by atoms with Gasteiger partial charge in [-0.15, -0.1) is 0 Å². The van der Waals surface area contributed by atoms with Gasteiger partial charge < -0.3 is 10.1 Å². The molecule has 1 aliphatic rings. The second-order valence-corrected chi connectivity index (χ2v) is 7.52. The molecule has 2 aromatic carbocycles. The minimum atomic E-state index is -0.174. The van der Waals surface area contributed by atoms with Gasteiger partial charge in [0.1, 0.15) is 0 Å². The summed E-state index contributed by atoms with van der Waals surface area (Å²) in [6.07, 6.45) is 2.19. The number of amides is 1. The second-order valence-electron chi connectivity index (χ2n) is 7.52. The number of nitrogens with zero attached hydrogens (tertiary/aromatic N) is 1. The third-order valence-corrected chi connectivity index (χ3v) is 5.12.